The molecular formula is C15H21N3O2. The Labute approximate surface area is 118 Å². The summed E-state index contributed by atoms with van der Waals surface area (Å²) in [6, 6.07) is 7.41. The molecule has 2 rings (SSSR count). The Morgan fingerprint density at radius 3 is 2.55 bits per heavy atom. The summed E-state index contributed by atoms with van der Waals surface area (Å²) >= 11 is 0. The maximum absolute atomic E-state index is 12.0. The highest BCUT2D eigenvalue weighted by Crippen LogP contribution is 2.24. The molecule has 108 valence electrons. The molecule has 0 bridgehead atoms. The predicted octanol–water partition coefficient (Wildman–Crippen LogP) is 1.77. The molecule has 0 amide bonds. The van der Waals surface area contributed by atoms with Gasteiger partial charge in [0.05, 0.1) is 12.6 Å². The van der Waals surface area contributed by atoms with E-state index in [0.717, 1.165) is 11.3 Å². The van der Waals surface area contributed by atoms with Crippen molar-refractivity contribution < 1.29 is 4.74 Å². The van der Waals surface area contributed by atoms with Gasteiger partial charge >= 0.3 is 5.69 Å². The van der Waals surface area contributed by atoms with Gasteiger partial charge in [0, 0.05) is 31.0 Å². The first-order valence-corrected chi connectivity index (χ1v) is 6.90. The number of nitrogens with two attached hydrogens (primary N) is 1. The highest BCUT2D eigenvalue weighted by molar-refractivity contribution is 5.35. The summed E-state index contributed by atoms with van der Waals surface area (Å²) < 4.78 is 8.87. The van der Waals surface area contributed by atoms with E-state index in [2.05, 4.69) is 0 Å². The van der Waals surface area contributed by atoms with Crippen LogP contribution in [0.1, 0.15) is 25.5 Å². The molecule has 20 heavy (non-hydrogen) atoms. The lowest BCUT2D eigenvalue weighted by Crippen LogP contribution is -2.28. The quantitative estimate of drug-likeness (QED) is 0.874. The van der Waals surface area contributed by atoms with E-state index in [1.807, 2.05) is 38.1 Å². The van der Waals surface area contributed by atoms with E-state index in [0.29, 0.717) is 19.7 Å². The molecule has 0 aliphatic carbocycles. The lowest BCUT2D eigenvalue weighted by atomic mass is 10.1. The van der Waals surface area contributed by atoms with Gasteiger partial charge in [0.25, 0.3) is 0 Å². The number of benzene rings is 1. The number of nitrogens with zero attached hydrogens (tertiary/aromatic N) is 2. The third-order valence-electron chi connectivity index (χ3n) is 3.27. The molecule has 5 heteroatoms. The van der Waals surface area contributed by atoms with Gasteiger partial charge in [-0.1, -0.05) is 18.2 Å². The van der Waals surface area contributed by atoms with Crippen LogP contribution in [-0.2, 0) is 13.1 Å². The van der Waals surface area contributed by atoms with Crippen LogP contribution in [-0.4, -0.2) is 15.7 Å². The Morgan fingerprint density at radius 1 is 1.20 bits per heavy atom. The van der Waals surface area contributed by atoms with Crippen LogP contribution in [0.2, 0.25) is 0 Å². The lowest BCUT2D eigenvalue weighted by molar-refractivity contribution is 0.332. The van der Waals surface area contributed by atoms with Crippen molar-refractivity contribution >= 4 is 0 Å². The van der Waals surface area contributed by atoms with Crippen molar-refractivity contribution in [2.24, 2.45) is 5.73 Å². The summed E-state index contributed by atoms with van der Waals surface area (Å²) in [6.07, 6.45) is 3.55. The fourth-order valence-electron chi connectivity index (χ4n) is 2.22. The van der Waals surface area contributed by atoms with E-state index in [9.17, 15) is 4.79 Å². The molecular weight excluding hydrogens is 254 g/mol. The largest absolute Gasteiger partial charge is 0.494 e. The number of aromatic nitrogens is 2. The molecule has 0 radical (unpaired) electrons. The monoisotopic (exact) mass is 275 g/mol. The first kappa shape index (κ1) is 14.4. The van der Waals surface area contributed by atoms with Crippen molar-refractivity contribution in [2.75, 3.05) is 6.61 Å². The standard InChI is InChI=1S/C15H21N3O2/c1-3-17-9-10-18(15(17)19)11-13(16)12-7-5-6-8-14(12)20-4-2/h5-10,13H,3-4,11,16H2,1-2H3. The SMILES string of the molecule is CCOc1ccccc1C(N)Cn1ccn(CC)c1=O. The molecule has 2 N–H and O–H groups in total. The number of hydrogen-bond donors (Lipinski definition) is 1. The van der Waals surface area contributed by atoms with Gasteiger partial charge in [-0.25, -0.2) is 4.79 Å². The molecule has 2 aromatic rings. The molecule has 0 fully saturated rings. The molecule has 1 atom stereocenters. The Morgan fingerprint density at radius 2 is 1.90 bits per heavy atom. The average Bonchev–Trinajstić information content (AvgIpc) is 2.80. The fraction of sp³-hybridized carbons (Fsp3) is 0.400. The number of rotatable bonds is 6. The third kappa shape index (κ3) is 2.93. The lowest BCUT2D eigenvalue weighted by Gasteiger charge is -2.16. The summed E-state index contributed by atoms with van der Waals surface area (Å²) in [5, 5.41) is 0. The minimum Gasteiger partial charge on any atom is -0.494 e. The van der Waals surface area contributed by atoms with E-state index in [-0.39, 0.29) is 11.7 Å². The van der Waals surface area contributed by atoms with E-state index in [1.165, 1.54) is 0 Å². The van der Waals surface area contributed by atoms with Crippen molar-refractivity contribution in [2.45, 2.75) is 33.0 Å². The number of para-hydroxylation sites is 1. The van der Waals surface area contributed by atoms with E-state index >= 15 is 0 Å². The molecule has 0 spiro atoms. The minimum absolute atomic E-state index is 0.0307. The number of imidazole rings is 1. The first-order chi connectivity index (χ1) is 9.67. The van der Waals surface area contributed by atoms with Gasteiger partial charge in [-0.3, -0.25) is 9.13 Å². The zero-order valence-corrected chi connectivity index (χ0v) is 12.0. The second kappa shape index (κ2) is 6.43. The van der Waals surface area contributed by atoms with Crippen LogP contribution in [0, 0.1) is 0 Å². The van der Waals surface area contributed by atoms with Crippen LogP contribution in [0.25, 0.3) is 0 Å². The molecule has 0 saturated heterocycles. The zero-order chi connectivity index (χ0) is 14.5. The van der Waals surface area contributed by atoms with Crippen LogP contribution in [0.3, 0.4) is 0 Å². The second-order valence-corrected chi connectivity index (χ2v) is 4.60. The predicted molar refractivity (Wildman–Crippen MR) is 78.9 cm³/mol. The fourth-order valence-corrected chi connectivity index (χ4v) is 2.22. The molecule has 1 aromatic carbocycles. The Bertz CT molecular complexity index is 616. The minimum atomic E-state index is -0.275. The van der Waals surface area contributed by atoms with Crippen LogP contribution >= 0.6 is 0 Å². The van der Waals surface area contributed by atoms with Gasteiger partial charge in [0.1, 0.15) is 5.75 Å². The highest BCUT2D eigenvalue weighted by atomic mass is 16.5. The van der Waals surface area contributed by atoms with E-state index in [4.69, 9.17) is 10.5 Å². The van der Waals surface area contributed by atoms with Gasteiger partial charge in [-0.05, 0) is 19.9 Å². The highest BCUT2D eigenvalue weighted by Gasteiger charge is 2.13. The second-order valence-electron chi connectivity index (χ2n) is 4.60. The summed E-state index contributed by atoms with van der Waals surface area (Å²) in [4.78, 5) is 12.0. The van der Waals surface area contributed by atoms with Crippen molar-refractivity contribution in [3.8, 4) is 5.75 Å². The molecule has 1 unspecified atom stereocenters. The van der Waals surface area contributed by atoms with Gasteiger partial charge < -0.3 is 10.5 Å². The molecule has 0 aliphatic rings. The van der Waals surface area contributed by atoms with Gasteiger partial charge in [-0.2, -0.15) is 0 Å². The Hall–Kier alpha value is -2.01. The number of aryl methyl sites for hydroxylation is 1. The number of ether oxygens (including phenoxy) is 1. The maximum atomic E-state index is 12.0. The zero-order valence-electron chi connectivity index (χ0n) is 12.0. The van der Waals surface area contributed by atoms with Crippen molar-refractivity contribution in [3.05, 3.63) is 52.7 Å². The molecule has 0 saturated carbocycles. The van der Waals surface area contributed by atoms with E-state index in [1.54, 1.807) is 21.5 Å². The molecule has 5 nitrogen and oxygen atoms in total. The Kier molecular flexibility index (Phi) is 4.63. The van der Waals surface area contributed by atoms with Crippen molar-refractivity contribution in [3.63, 3.8) is 0 Å². The number of hydrogen-bond acceptors (Lipinski definition) is 3. The normalized spacial score (nSPS) is 12.3. The summed E-state index contributed by atoms with van der Waals surface area (Å²) in [6.45, 7) is 5.58. The maximum Gasteiger partial charge on any atom is 0.328 e. The topological polar surface area (TPSA) is 62.2 Å². The van der Waals surface area contributed by atoms with Gasteiger partial charge in [0.15, 0.2) is 0 Å². The van der Waals surface area contributed by atoms with Crippen LogP contribution in [0.4, 0.5) is 0 Å². The molecule has 1 heterocycles. The van der Waals surface area contributed by atoms with Crippen LogP contribution in [0.15, 0.2) is 41.5 Å². The van der Waals surface area contributed by atoms with Crippen LogP contribution in [0.5, 0.6) is 5.75 Å². The summed E-state index contributed by atoms with van der Waals surface area (Å²) in [7, 11) is 0. The van der Waals surface area contributed by atoms with Gasteiger partial charge in [0.2, 0.25) is 0 Å². The van der Waals surface area contributed by atoms with Crippen LogP contribution < -0.4 is 16.2 Å². The summed E-state index contributed by atoms with van der Waals surface area (Å²) in [5.41, 5.74) is 7.12. The Balaban J connectivity index is 2.21. The average molecular weight is 275 g/mol. The van der Waals surface area contributed by atoms with Crippen molar-refractivity contribution in [1.29, 1.82) is 0 Å². The first-order valence-electron chi connectivity index (χ1n) is 6.90. The van der Waals surface area contributed by atoms with Crippen molar-refractivity contribution in [1.82, 2.24) is 9.13 Å². The van der Waals surface area contributed by atoms with Gasteiger partial charge in [-0.15, -0.1) is 0 Å². The molecule has 1 aromatic heterocycles. The third-order valence-corrected chi connectivity index (χ3v) is 3.27. The molecule has 0 aliphatic heterocycles. The smallest absolute Gasteiger partial charge is 0.328 e. The van der Waals surface area contributed by atoms with E-state index < -0.39 is 0 Å². The summed E-state index contributed by atoms with van der Waals surface area (Å²) in [5.74, 6) is 0.783.